The van der Waals surface area contributed by atoms with Crippen LogP contribution in [0.5, 0.6) is 0 Å². The first-order valence-electron chi connectivity index (χ1n) is 4.96. The number of rotatable bonds is 7. The van der Waals surface area contributed by atoms with Crippen molar-refractivity contribution in [2.45, 2.75) is 25.8 Å². The third kappa shape index (κ3) is 4.44. The lowest BCUT2D eigenvalue weighted by Crippen LogP contribution is -2.31. The molecule has 0 aliphatic carbocycles. The van der Waals surface area contributed by atoms with Crippen molar-refractivity contribution >= 4 is 23.1 Å². The van der Waals surface area contributed by atoms with Crippen molar-refractivity contribution in [1.82, 2.24) is 10.3 Å². The Morgan fingerprint density at radius 3 is 3.07 bits per heavy atom. The van der Waals surface area contributed by atoms with Gasteiger partial charge >= 0.3 is 0 Å². The van der Waals surface area contributed by atoms with Crippen LogP contribution in [0.4, 0.5) is 0 Å². The van der Waals surface area contributed by atoms with Gasteiger partial charge in [-0.2, -0.15) is 11.8 Å². The quantitative estimate of drug-likeness (QED) is 0.778. The maximum absolute atomic E-state index is 4.10. The normalized spacial score (nSPS) is 13.0. The third-order valence-corrected chi connectivity index (χ3v) is 3.54. The number of thioether (sulfide) groups is 1. The average molecular weight is 230 g/mol. The van der Waals surface area contributed by atoms with E-state index in [0.717, 1.165) is 13.0 Å². The molecule has 80 valence electrons. The second-order valence-electron chi connectivity index (χ2n) is 3.21. The number of nitrogens with one attached hydrogen (secondary N) is 1. The Bertz CT molecular complexity index is 224. The predicted octanol–water partition coefficient (Wildman–Crippen LogP) is 2.42. The standard InChI is InChI=1S/C10H18N2S2/c1-3-12-9(4-5-13-2)6-10-7-11-8-14-10/h7-9,12H,3-6H2,1-2H3. The van der Waals surface area contributed by atoms with Crippen LogP contribution in [0.15, 0.2) is 11.7 Å². The van der Waals surface area contributed by atoms with Crippen molar-refractivity contribution in [3.05, 3.63) is 16.6 Å². The van der Waals surface area contributed by atoms with Crippen LogP contribution in [-0.2, 0) is 6.42 Å². The summed E-state index contributed by atoms with van der Waals surface area (Å²) in [7, 11) is 0. The van der Waals surface area contributed by atoms with Crippen LogP contribution in [0.1, 0.15) is 18.2 Å². The molecule has 1 N–H and O–H groups in total. The maximum atomic E-state index is 4.10. The molecule has 1 atom stereocenters. The van der Waals surface area contributed by atoms with Crippen molar-refractivity contribution in [2.75, 3.05) is 18.6 Å². The van der Waals surface area contributed by atoms with Crippen LogP contribution in [0.2, 0.25) is 0 Å². The van der Waals surface area contributed by atoms with Crippen LogP contribution < -0.4 is 5.32 Å². The highest BCUT2D eigenvalue weighted by atomic mass is 32.2. The number of hydrogen-bond donors (Lipinski definition) is 1. The summed E-state index contributed by atoms with van der Waals surface area (Å²) in [5, 5.41) is 3.52. The average Bonchev–Trinajstić information content (AvgIpc) is 2.67. The summed E-state index contributed by atoms with van der Waals surface area (Å²) >= 11 is 3.67. The zero-order valence-electron chi connectivity index (χ0n) is 8.82. The molecule has 1 aromatic rings. The Hall–Kier alpha value is -0.0600. The Morgan fingerprint density at radius 2 is 2.50 bits per heavy atom. The molecule has 1 heterocycles. The molecule has 0 bridgehead atoms. The fourth-order valence-corrected chi connectivity index (χ4v) is 2.61. The summed E-state index contributed by atoms with van der Waals surface area (Å²) in [5.41, 5.74) is 1.91. The van der Waals surface area contributed by atoms with E-state index in [2.05, 4.69) is 23.5 Å². The van der Waals surface area contributed by atoms with Gasteiger partial charge in [-0.25, -0.2) is 0 Å². The summed E-state index contributed by atoms with van der Waals surface area (Å²) in [4.78, 5) is 5.49. The van der Waals surface area contributed by atoms with Crippen molar-refractivity contribution in [3.8, 4) is 0 Å². The molecule has 14 heavy (non-hydrogen) atoms. The second-order valence-corrected chi connectivity index (χ2v) is 5.16. The van der Waals surface area contributed by atoms with E-state index in [1.165, 1.54) is 17.1 Å². The van der Waals surface area contributed by atoms with Crippen LogP contribution in [0.3, 0.4) is 0 Å². The summed E-state index contributed by atoms with van der Waals surface area (Å²) in [5.74, 6) is 1.23. The van der Waals surface area contributed by atoms with Crippen LogP contribution >= 0.6 is 23.1 Å². The SMILES string of the molecule is CCNC(CCSC)Cc1cncs1. The molecule has 0 fully saturated rings. The van der Waals surface area contributed by atoms with E-state index < -0.39 is 0 Å². The number of thiazole rings is 1. The summed E-state index contributed by atoms with van der Waals surface area (Å²) in [6.07, 6.45) is 6.51. The number of aromatic nitrogens is 1. The fourth-order valence-electron chi connectivity index (χ4n) is 1.41. The third-order valence-electron chi connectivity index (χ3n) is 2.09. The Morgan fingerprint density at radius 1 is 1.64 bits per heavy atom. The summed E-state index contributed by atoms with van der Waals surface area (Å²) in [6.45, 7) is 3.22. The number of nitrogens with zero attached hydrogens (tertiary/aromatic N) is 1. The first kappa shape index (κ1) is 12.0. The van der Waals surface area contributed by atoms with Gasteiger partial charge in [0.05, 0.1) is 5.51 Å². The topological polar surface area (TPSA) is 24.9 Å². The molecule has 0 radical (unpaired) electrons. The predicted molar refractivity (Wildman–Crippen MR) is 66.3 cm³/mol. The van der Waals surface area contributed by atoms with Gasteiger partial charge in [0.25, 0.3) is 0 Å². The molecule has 0 spiro atoms. The van der Waals surface area contributed by atoms with Gasteiger partial charge in [-0.05, 0) is 31.4 Å². The van der Waals surface area contributed by atoms with E-state index in [0.29, 0.717) is 6.04 Å². The lowest BCUT2D eigenvalue weighted by molar-refractivity contribution is 0.516. The summed E-state index contributed by atoms with van der Waals surface area (Å²) < 4.78 is 0. The zero-order valence-corrected chi connectivity index (χ0v) is 10.5. The highest BCUT2D eigenvalue weighted by molar-refractivity contribution is 7.98. The second kappa shape index (κ2) is 7.26. The fraction of sp³-hybridized carbons (Fsp3) is 0.700. The molecule has 1 unspecified atom stereocenters. The first-order valence-corrected chi connectivity index (χ1v) is 7.23. The molecular weight excluding hydrogens is 212 g/mol. The monoisotopic (exact) mass is 230 g/mol. The van der Waals surface area contributed by atoms with Crippen LogP contribution in [0.25, 0.3) is 0 Å². The Kier molecular flexibility index (Phi) is 6.23. The Balaban J connectivity index is 2.34. The molecular formula is C10H18N2S2. The van der Waals surface area contributed by atoms with Gasteiger partial charge in [0, 0.05) is 17.1 Å². The number of likely N-dealkylation sites (N-methyl/N-ethyl adjacent to an activating group) is 1. The first-order chi connectivity index (χ1) is 6.86. The molecule has 2 nitrogen and oxygen atoms in total. The minimum Gasteiger partial charge on any atom is -0.314 e. The van der Waals surface area contributed by atoms with Gasteiger partial charge in [-0.1, -0.05) is 6.92 Å². The molecule has 1 aromatic heterocycles. The molecule has 1 rings (SSSR count). The van der Waals surface area contributed by atoms with Gasteiger partial charge < -0.3 is 5.32 Å². The van der Waals surface area contributed by atoms with Crippen molar-refractivity contribution in [2.24, 2.45) is 0 Å². The molecule has 0 saturated carbocycles. The minimum absolute atomic E-state index is 0.618. The van der Waals surface area contributed by atoms with E-state index >= 15 is 0 Å². The smallest absolute Gasteiger partial charge is 0.0794 e. The van der Waals surface area contributed by atoms with Gasteiger partial charge in [-0.15, -0.1) is 11.3 Å². The van der Waals surface area contributed by atoms with Gasteiger partial charge in [-0.3, -0.25) is 4.98 Å². The summed E-state index contributed by atoms with van der Waals surface area (Å²) in [6, 6.07) is 0.618. The molecule has 0 saturated heterocycles. The highest BCUT2D eigenvalue weighted by Crippen LogP contribution is 2.11. The molecule has 4 heteroatoms. The molecule has 0 aliphatic heterocycles. The van der Waals surface area contributed by atoms with E-state index in [-0.39, 0.29) is 0 Å². The molecule has 0 aliphatic rings. The van der Waals surface area contributed by atoms with Crippen molar-refractivity contribution in [3.63, 3.8) is 0 Å². The Labute approximate surface area is 94.5 Å². The molecule has 0 aromatic carbocycles. The lowest BCUT2D eigenvalue weighted by Gasteiger charge is -2.15. The molecule has 0 amide bonds. The largest absolute Gasteiger partial charge is 0.314 e. The zero-order chi connectivity index (χ0) is 10.2. The van der Waals surface area contributed by atoms with Gasteiger partial charge in [0.15, 0.2) is 0 Å². The van der Waals surface area contributed by atoms with E-state index in [4.69, 9.17) is 0 Å². The van der Waals surface area contributed by atoms with E-state index in [1.807, 2.05) is 23.5 Å². The maximum Gasteiger partial charge on any atom is 0.0794 e. The van der Waals surface area contributed by atoms with Crippen molar-refractivity contribution in [1.29, 1.82) is 0 Å². The van der Waals surface area contributed by atoms with Crippen LogP contribution in [-0.4, -0.2) is 29.6 Å². The lowest BCUT2D eigenvalue weighted by atomic mass is 10.1. The van der Waals surface area contributed by atoms with Crippen LogP contribution in [0, 0.1) is 0 Å². The highest BCUT2D eigenvalue weighted by Gasteiger charge is 2.08. The van der Waals surface area contributed by atoms with Crippen molar-refractivity contribution < 1.29 is 0 Å². The number of hydrogen-bond acceptors (Lipinski definition) is 4. The van der Waals surface area contributed by atoms with E-state index in [1.54, 1.807) is 11.3 Å². The van der Waals surface area contributed by atoms with E-state index in [9.17, 15) is 0 Å². The van der Waals surface area contributed by atoms with Gasteiger partial charge in [0.1, 0.15) is 0 Å². The minimum atomic E-state index is 0.618. The van der Waals surface area contributed by atoms with Gasteiger partial charge in [0.2, 0.25) is 0 Å².